The summed E-state index contributed by atoms with van der Waals surface area (Å²) in [5.41, 5.74) is 5.34. The topological polar surface area (TPSA) is 134 Å². The van der Waals surface area contributed by atoms with E-state index in [1.54, 1.807) is 0 Å². The van der Waals surface area contributed by atoms with E-state index in [0.29, 0.717) is 12.8 Å². The molecular formula is C51H82NO8P. The molecular weight excluding hydrogens is 786 g/mol. The van der Waals surface area contributed by atoms with Crippen LogP contribution in [0.4, 0.5) is 0 Å². The largest absolute Gasteiger partial charge is 0.472 e. The normalized spacial score (nSPS) is 14.4. The molecule has 61 heavy (non-hydrogen) atoms. The highest BCUT2D eigenvalue weighted by Crippen LogP contribution is 2.43. The molecule has 0 amide bonds. The lowest BCUT2D eigenvalue weighted by Gasteiger charge is -2.19. The monoisotopic (exact) mass is 868 g/mol. The minimum Gasteiger partial charge on any atom is -0.462 e. The Balaban J connectivity index is 4.36. The van der Waals surface area contributed by atoms with Crippen molar-refractivity contribution in [1.29, 1.82) is 0 Å². The quantitative estimate of drug-likeness (QED) is 0.0266. The molecule has 0 rings (SSSR count). The second-order valence-corrected chi connectivity index (χ2v) is 16.0. The molecule has 344 valence electrons. The first-order valence-electron chi connectivity index (χ1n) is 23.0. The SMILES string of the molecule is CC/C=C/C/C=C/C/C=C/C/C=C/C/C=C/C/C=C/CCC(=O)O[C@H](COC(=O)CCC/C=C/C/C=C/C/C=C/C/C=C/CCCCCCCCC)COP(=O)(O)OCCN. The van der Waals surface area contributed by atoms with Gasteiger partial charge in [0.05, 0.1) is 13.2 Å². The van der Waals surface area contributed by atoms with Crippen LogP contribution in [0.25, 0.3) is 0 Å². The molecule has 0 spiro atoms. The maximum absolute atomic E-state index is 12.6. The fraction of sp³-hybridized carbons (Fsp3) is 0.569. The van der Waals surface area contributed by atoms with Gasteiger partial charge in [-0.05, 0) is 89.9 Å². The van der Waals surface area contributed by atoms with Gasteiger partial charge < -0.3 is 20.1 Å². The predicted octanol–water partition coefficient (Wildman–Crippen LogP) is 13.7. The highest BCUT2D eigenvalue weighted by molar-refractivity contribution is 7.47. The summed E-state index contributed by atoms with van der Waals surface area (Å²) in [4.78, 5) is 34.9. The molecule has 10 heteroatoms. The molecule has 0 aliphatic carbocycles. The number of phosphoric acid groups is 1. The van der Waals surface area contributed by atoms with E-state index in [9.17, 15) is 19.0 Å². The molecule has 0 saturated heterocycles. The molecule has 0 aliphatic rings. The Labute approximate surface area is 371 Å². The summed E-state index contributed by atoms with van der Waals surface area (Å²) in [6.07, 6.45) is 62.6. The van der Waals surface area contributed by atoms with Crippen molar-refractivity contribution in [3.05, 3.63) is 122 Å². The van der Waals surface area contributed by atoms with E-state index in [1.807, 2.05) is 18.2 Å². The summed E-state index contributed by atoms with van der Waals surface area (Å²) >= 11 is 0. The smallest absolute Gasteiger partial charge is 0.462 e. The molecule has 0 aliphatic heterocycles. The van der Waals surface area contributed by atoms with E-state index < -0.39 is 32.5 Å². The number of ether oxygens (including phenoxy) is 2. The zero-order valence-corrected chi connectivity index (χ0v) is 38.7. The van der Waals surface area contributed by atoms with Crippen molar-refractivity contribution in [2.45, 2.75) is 161 Å². The summed E-state index contributed by atoms with van der Waals surface area (Å²) in [5, 5.41) is 0. The Morgan fingerprint density at radius 2 is 0.934 bits per heavy atom. The van der Waals surface area contributed by atoms with Crippen molar-refractivity contribution in [1.82, 2.24) is 0 Å². The number of carbonyl (C=O) groups excluding carboxylic acids is 2. The average molecular weight is 868 g/mol. The van der Waals surface area contributed by atoms with Gasteiger partial charge in [0.15, 0.2) is 6.10 Å². The molecule has 3 N–H and O–H groups in total. The van der Waals surface area contributed by atoms with E-state index in [4.69, 9.17) is 24.3 Å². The van der Waals surface area contributed by atoms with Crippen LogP contribution in [0.1, 0.15) is 155 Å². The lowest BCUT2D eigenvalue weighted by atomic mass is 10.1. The van der Waals surface area contributed by atoms with Gasteiger partial charge >= 0.3 is 19.8 Å². The standard InChI is InChI=1S/C51H82NO8P/c1-3-5-7-9-11-13-15-17-19-21-23-24-26-27-29-31-33-35-37-39-41-43-50(53)57-47-49(48-59-61(55,56)58-46-45-52)60-51(54)44-42-40-38-36-34-32-30-28-25-22-20-18-16-14-12-10-8-6-4-2/h6,8,12,14,18-21,24-26,28-29,31-32,34-35,37-38,40,49H,3-5,7,9-11,13,15-17,22-23,27,30,33,36,39,41-48,52H2,1-2H3,(H,55,56)/b8-6+,14-12+,20-18+,21-19+,26-24+,28-25+,31-29+,34-32+,37-35+,40-38+/t49-/m1/s1. The third kappa shape index (κ3) is 45.8. The molecule has 1 unspecified atom stereocenters. The van der Waals surface area contributed by atoms with E-state index in [0.717, 1.165) is 64.2 Å². The maximum Gasteiger partial charge on any atom is 0.472 e. The lowest BCUT2D eigenvalue weighted by molar-refractivity contribution is -0.161. The Morgan fingerprint density at radius 3 is 1.41 bits per heavy atom. The predicted molar refractivity (Wildman–Crippen MR) is 256 cm³/mol. The van der Waals surface area contributed by atoms with E-state index in [2.05, 4.69) is 117 Å². The number of esters is 2. The van der Waals surface area contributed by atoms with Gasteiger partial charge in [0.2, 0.25) is 0 Å². The Hall–Kier alpha value is -3.59. The maximum atomic E-state index is 12.6. The van der Waals surface area contributed by atoms with Crippen molar-refractivity contribution in [2.24, 2.45) is 5.73 Å². The van der Waals surface area contributed by atoms with Gasteiger partial charge in [-0.25, -0.2) is 4.57 Å². The van der Waals surface area contributed by atoms with Crippen LogP contribution >= 0.6 is 7.82 Å². The molecule has 0 bridgehead atoms. The van der Waals surface area contributed by atoms with Crippen LogP contribution in [-0.2, 0) is 32.7 Å². The van der Waals surface area contributed by atoms with Crippen LogP contribution < -0.4 is 5.73 Å². The highest BCUT2D eigenvalue weighted by Gasteiger charge is 2.25. The number of allylic oxidation sites excluding steroid dienone is 20. The van der Waals surface area contributed by atoms with Crippen LogP contribution in [0.5, 0.6) is 0 Å². The van der Waals surface area contributed by atoms with Gasteiger partial charge in [-0.2, -0.15) is 0 Å². The highest BCUT2D eigenvalue weighted by atomic mass is 31.2. The molecule has 0 aromatic heterocycles. The summed E-state index contributed by atoms with van der Waals surface area (Å²) in [6, 6.07) is 0. The van der Waals surface area contributed by atoms with Crippen molar-refractivity contribution < 1.29 is 37.6 Å². The van der Waals surface area contributed by atoms with Crippen molar-refractivity contribution in [2.75, 3.05) is 26.4 Å². The Morgan fingerprint density at radius 1 is 0.508 bits per heavy atom. The lowest BCUT2D eigenvalue weighted by Crippen LogP contribution is -2.29. The first-order chi connectivity index (χ1) is 29.8. The van der Waals surface area contributed by atoms with Crippen LogP contribution in [-0.4, -0.2) is 49.3 Å². The number of hydrogen-bond donors (Lipinski definition) is 2. The molecule has 0 aromatic carbocycles. The van der Waals surface area contributed by atoms with Gasteiger partial charge in [-0.3, -0.25) is 18.6 Å². The molecule has 0 saturated carbocycles. The van der Waals surface area contributed by atoms with Gasteiger partial charge in [-0.1, -0.05) is 174 Å². The molecule has 9 nitrogen and oxygen atoms in total. The van der Waals surface area contributed by atoms with Gasteiger partial charge in [0.25, 0.3) is 0 Å². The first-order valence-corrected chi connectivity index (χ1v) is 24.5. The summed E-state index contributed by atoms with van der Waals surface area (Å²) in [5.74, 6) is -1.00. The number of hydrogen-bond acceptors (Lipinski definition) is 8. The number of unbranched alkanes of at least 4 members (excludes halogenated alkanes) is 8. The summed E-state index contributed by atoms with van der Waals surface area (Å²) < 4.78 is 32.7. The second kappa shape index (κ2) is 45.9. The average Bonchev–Trinajstić information content (AvgIpc) is 3.25. The van der Waals surface area contributed by atoms with Crippen LogP contribution in [0.3, 0.4) is 0 Å². The number of phosphoric ester groups is 1. The molecule has 0 radical (unpaired) electrons. The second-order valence-electron chi connectivity index (χ2n) is 14.5. The summed E-state index contributed by atoms with van der Waals surface area (Å²) in [7, 11) is -4.42. The zero-order chi connectivity index (χ0) is 44.6. The molecule has 0 aromatic rings. The fourth-order valence-electron chi connectivity index (χ4n) is 5.47. The minimum absolute atomic E-state index is 0.0275. The third-order valence-electron chi connectivity index (χ3n) is 8.85. The fourth-order valence-corrected chi connectivity index (χ4v) is 6.24. The van der Waals surface area contributed by atoms with Crippen molar-refractivity contribution in [3.8, 4) is 0 Å². The van der Waals surface area contributed by atoms with Gasteiger partial charge in [0, 0.05) is 19.4 Å². The van der Waals surface area contributed by atoms with Gasteiger partial charge in [-0.15, -0.1) is 0 Å². The first kappa shape index (κ1) is 57.4. The Kier molecular flexibility index (Phi) is 43.2. The molecule has 0 heterocycles. The van der Waals surface area contributed by atoms with Gasteiger partial charge in [0.1, 0.15) is 6.61 Å². The van der Waals surface area contributed by atoms with E-state index in [1.165, 1.54) is 51.4 Å². The minimum atomic E-state index is -4.42. The third-order valence-corrected chi connectivity index (χ3v) is 9.83. The van der Waals surface area contributed by atoms with Crippen LogP contribution in [0, 0.1) is 0 Å². The van der Waals surface area contributed by atoms with Crippen LogP contribution in [0.15, 0.2) is 122 Å². The Bertz CT molecular complexity index is 1400. The van der Waals surface area contributed by atoms with Crippen molar-refractivity contribution >= 4 is 19.8 Å². The van der Waals surface area contributed by atoms with E-state index in [-0.39, 0.29) is 32.6 Å². The van der Waals surface area contributed by atoms with E-state index >= 15 is 0 Å². The zero-order valence-electron chi connectivity index (χ0n) is 37.8. The number of carbonyl (C=O) groups is 2. The molecule has 2 atom stereocenters. The molecule has 0 fully saturated rings. The number of rotatable bonds is 41. The van der Waals surface area contributed by atoms with Crippen molar-refractivity contribution in [3.63, 3.8) is 0 Å². The number of nitrogens with two attached hydrogens (primary N) is 1. The van der Waals surface area contributed by atoms with Crippen LogP contribution in [0.2, 0.25) is 0 Å². The summed E-state index contributed by atoms with van der Waals surface area (Å²) in [6.45, 7) is 3.44.